The Labute approximate surface area is 129 Å². The average molecular weight is 315 g/mol. The summed E-state index contributed by atoms with van der Waals surface area (Å²) in [6.45, 7) is 3.98. The Hall–Kier alpha value is -1.00. The SMILES string of the molecule is CCCC(C(=O)CSc1ccccc1Cl)C(=O)OCC. The zero-order valence-electron chi connectivity index (χ0n) is 11.7. The fraction of sp³-hybridized carbons (Fsp3) is 0.467. The molecule has 3 nitrogen and oxygen atoms in total. The summed E-state index contributed by atoms with van der Waals surface area (Å²) < 4.78 is 4.96. The quantitative estimate of drug-likeness (QED) is 0.413. The van der Waals surface area contributed by atoms with Gasteiger partial charge in [-0.3, -0.25) is 9.59 Å². The summed E-state index contributed by atoms with van der Waals surface area (Å²) in [6, 6.07) is 7.35. The predicted molar refractivity (Wildman–Crippen MR) is 82.2 cm³/mol. The number of hydrogen-bond acceptors (Lipinski definition) is 4. The van der Waals surface area contributed by atoms with Gasteiger partial charge < -0.3 is 4.74 Å². The van der Waals surface area contributed by atoms with E-state index in [2.05, 4.69) is 0 Å². The maximum atomic E-state index is 12.2. The molecule has 0 saturated carbocycles. The van der Waals surface area contributed by atoms with E-state index in [4.69, 9.17) is 16.3 Å². The highest BCUT2D eigenvalue weighted by atomic mass is 35.5. The van der Waals surface area contributed by atoms with Crippen molar-refractivity contribution in [3.8, 4) is 0 Å². The number of carbonyl (C=O) groups is 2. The molecule has 5 heteroatoms. The molecule has 0 fully saturated rings. The molecule has 0 amide bonds. The van der Waals surface area contributed by atoms with Gasteiger partial charge in [0.25, 0.3) is 0 Å². The topological polar surface area (TPSA) is 43.4 Å². The number of Topliss-reactive ketones (excluding diaryl/α,β-unsaturated/α-hetero) is 1. The van der Waals surface area contributed by atoms with Crippen LogP contribution >= 0.6 is 23.4 Å². The largest absolute Gasteiger partial charge is 0.465 e. The zero-order chi connectivity index (χ0) is 15.0. The van der Waals surface area contributed by atoms with E-state index in [1.165, 1.54) is 11.8 Å². The molecule has 0 aliphatic carbocycles. The fourth-order valence-electron chi connectivity index (χ4n) is 1.75. The summed E-state index contributed by atoms with van der Waals surface area (Å²) in [5.74, 6) is -0.947. The van der Waals surface area contributed by atoms with E-state index in [9.17, 15) is 9.59 Å². The highest BCUT2D eigenvalue weighted by molar-refractivity contribution is 8.00. The number of benzene rings is 1. The van der Waals surface area contributed by atoms with Crippen molar-refractivity contribution in [3.05, 3.63) is 29.3 Å². The number of carbonyl (C=O) groups excluding carboxylic acids is 2. The average Bonchev–Trinajstić information content (AvgIpc) is 2.43. The number of ketones is 1. The van der Waals surface area contributed by atoms with Crippen LogP contribution in [0.2, 0.25) is 5.02 Å². The van der Waals surface area contributed by atoms with Crippen molar-refractivity contribution in [2.45, 2.75) is 31.6 Å². The molecule has 0 bridgehead atoms. The first kappa shape index (κ1) is 17.1. The molecule has 0 saturated heterocycles. The minimum atomic E-state index is -0.657. The Morgan fingerprint density at radius 2 is 2.00 bits per heavy atom. The Bertz CT molecular complexity index is 462. The summed E-state index contributed by atoms with van der Waals surface area (Å²) in [5.41, 5.74) is 0. The molecule has 0 aromatic heterocycles. The molecule has 1 aromatic carbocycles. The summed E-state index contributed by atoms with van der Waals surface area (Å²) in [4.78, 5) is 24.8. The van der Waals surface area contributed by atoms with E-state index in [-0.39, 0.29) is 11.5 Å². The second-order valence-corrected chi connectivity index (χ2v) is 5.70. The lowest BCUT2D eigenvalue weighted by molar-refractivity contribution is -0.151. The Balaban J connectivity index is 2.62. The fourth-order valence-corrected chi connectivity index (χ4v) is 2.93. The summed E-state index contributed by atoms with van der Waals surface area (Å²) in [7, 11) is 0. The van der Waals surface area contributed by atoms with Crippen LogP contribution in [0.3, 0.4) is 0 Å². The first-order chi connectivity index (χ1) is 9.60. The summed E-state index contributed by atoms with van der Waals surface area (Å²) in [6.07, 6.45) is 1.30. The highest BCUT2D eigenvalue weighted by Crippen LogP contribution is 2.27. The van der Waals surface area contributed by atoms with Crippen LogP contribution in [0.1, 0.15) is 26.7 Å². The molecule has 0 spiro atoms. The van der Waals surface area contributed by atoms with Crippen molar-refractivity contribution < 1.29 is 14.3 Å². The molecule has 0 heterocycles. The number of rotatable bonds is 8. The molecule has 0 aliphatic rings. The highest BCUT2D eigenvalue weighted by Gasteiger charge is 2.26. The Morgan fingerprint density at radius 1 is 1.30 bits per heavy atom. The van der Waals surface area contributed by atoms with Crippen LogP contribution in [0.5, 0.6) is 0 Å². The Morgan fingerprint density at radius 3 is 2.60 bits per heavy atom. The molecular formula is C15H19ClO3S. The third-order valence-corrected chi connectivity index (χ3v) is 4.28. The molecule has 1 rings (SSSR count). The van der Waals surface area contributed by atoms with Gasteiger partial charge in [0.15, 0.2) is 5.78 Å². The van der Waals surface area contributed by atoms with Crippen molar-refractivity contribution in [2.75, 3.05) is 12.4 Å². The van der Waals surface area contributed by atoms with Crippen LogP contribution in [-0.2, 0) is 14.3 Å². The Kier molecular flexibility index (Phi) is 7.70. The minimum absolute atomic E-state index is 0.102. The monoisotopic (exact) mass is 314 g/mol. The van der Waals surface area contributed by atoms with E-state index in [0.29, 0.717) is 18.1 Å². The molecule has 1 atom stereocenters. The van der Waals surface area contributed by atoms with E-state index in [0.717, 1.165) is 11.3 Å². The molecule has 0 radical (unpaired) electrons. The first-order valence-electron chi connectivity index (χ1n) is 6.66. The van der Waals surface area contributed by atoms with Crippen LogP contribution in [0.25, 0.3) is 0 Å². The van der Waals surface area contributed by atoms with Crippen molar-refractivity contribution >= 4 is 35.1 Å². The normalized spacial score (nSPS) is 11.9. The molecule has 20 heavy (non-hydrogen) atoms. The number of thioether (sulfide) groups is 1. The van der Waals surface area contributed by atoms with Gasteiger partial charge in [0.05, 0.1) is 17.4 Å². The van der Waals surface area contributed by atoms with Crippen LogP contribution < -0.4 is 0 Å². The molecular weight excluding hydrogens is 296 g/mol. The van der Waals surface area contributed by atoms with E-state index < -0.39 is 11.9 Å². The minimum Gasteiger partial charge on any atom is -0.465 e. The van der Waals surface area contributed by atoms with Crippen molar-refractivity contribution in [3.63, 3.8) is 0 Å². The molecule has 0 N–H and O–H groups in total. The van der Waals surface area contributed by atoms with Gasteiger partial charge >= 0.3 is 5.97 Å². The predicted octanol–water partition coefficient (Wildman–Crippen LogP) is 3.98. The van der Waals surface area contributed by atoms with E-state index in [1.54, 1.807) is 13.0 Å². The van der Waals surface area contributed by atoms with Crippen molar-refractivity contribution in [2.24, 2.45) is 5.92 Å². The first-order valence-corrected chi connectivity index (χ1v) is 8.03. The van der Waals surface area contributed by atoms with Gasteiger partial charge in [-0.1, -0.05) is 37.1 Å². The summed E-state index contributed by atoms with van der Waals surface area (Å²) >= 11 is 7.39. The number of hydrogen-bond donors (Lipinski definition) is 0. The molecule has 0 aliphatic heterocycles. The van der Waals surface area contributed by atoms with Gasteiger partial charge in [0, 0.05) is 4.90 Å². The van der Waals surface area contributed by atoms with Gasteiger partial charge in [0.2, 0.25) is 0 Å². The maximum Gasteiger partial charge on any atom is 0.316 e. The maximum absolute atomic E-state index is 12.2. The van der Waals surface area contributed by atoms with E-state index >= 15 is 0 Å². The lowest BCUT2D eigenvalue weighted by Gasteiger charge is -2.13. The van der Waals surface area contributed by atoms with Crippen molar-refractivity contribution in [1.82, 2.24) is 0 Å². The van der Waals surface area contributed by atoms with Gasteiger partial charge in [-0.15, -0.1) is 11.8 Å². The second-order valence-electron chi connectivity index (χ2n) is 4.28. The van der Waals surface area contributed by atoms with Crippen LogP contribution in [0, 0.1) is 5.92 Å². The van der Waals surface area contributed by atoms with Gasteiger partial charge in [-0.05, 0) is 25.5 Å². The number of esters is 1. The van der Waals surface area contributed by atoms with Crippen molar-refractivity contribution in [1.29, 1.82) is 0 Å². The molecule has 1 aromatic rings. The van der Waals surface area contributed by atoms with Crippen LogP contribution in [0.4, 0.5) is 0 Å². The number of halogens is 1. The lowest BCUT2D eigenvalue weighted by atomic mass is 10.00. The van der Waals surface area contributed by atoms with Gasteiger partial charge in [-0.25, -0.2) is 0 Å². The van der Waals surface area contributed by atoms with Gasteiger partial charge in [0.1, 0.15) is 5.92 Å². The number of ether oxygens (including phenoxy) is 1. The third kappa shape index (κ3) is 5.17. The van der Waals surface area contributed by atoms with Gasteiger partial charge in [-0.2, -0.15) is 0 Å². The van der Waals surface area contributed by atoms with E-state index in [1.807, 2.05) is 25.1 Å². The lowest BCUT2D eigenvalue weighted by Crippen LogP contribution is -2.27. The molecule has 1 unspecified atom stereocenters. The standard InChI is InChI=1S/C15H19ClO3S/c1-3-7-11(15(18)19-4-2)13(17)10-20-14-9-6-5-8-12(14)16/h5-6,8-9,11H,3-4,7,10H2,1-2H3. The smallest absolute Gasteiger partial charge is 0.316 e. The third-order valence-electron chi connectivity index (χ3n) is 2.74. The van der Waals surface area contributed by atoms with Crippen LogP contribution in [-0.4, -0.2) is 24.1 Å². The second kappa shape index (κ2) is 9.03. The summed E-state index contributed by atoms with van der Waals surface area (Å²) in [5, 5.41) is 0.619. The zero-order valence-corrected chi connectivity index (χ0v) is 13.3. The van der Waals surface area contributed by atoms with Crippen LogP contribution in [0.15, 0.2) is 29.2 Å². The molecule has 110 valence electrons.